The molecule has 0 aliphatic carbocycles. The Labute approximate surface area is 124 Å². The van der Waals surface area contributed by atoms with Crippen molar-refractivity contribution in [3.8, 4) is 0 Å². The first-order valence-electron chi connectivity index (χ1n) is 5.82. The zero-order valence-corrected chi connectivity index (χ0v) is 12.9. The maximum absolute atomic E-state index is 10.8. The van der Waals surface area contributed by atoms with E-state index in [1.165, 1.54) is 4.68 Å². The van der Waals surface area contributed by atoms with Crippen LogP contribution in [-0.4, -0.2) is 23.4 Å². The molecule has 0 aliphatic heterocycles. The molecule has 0 amide bonds. The molecule has 0 atom stereocenters. The molecule has 8 heteroatoms. The standard InChI is InChI=1S/C9H12O3S.C4H6N3.H2O/c1-6-4-7(2)9(8(3)5-6)13(10,11)12;5-7-3-1-6-2-4-7;/h4-5H,1-3H3,(H,10,11,12);1-4H,(H2,5,6);1H2/q;+1;/p-1. The van der Waals surface area contributed by atoms with Crippen LogP contribution in [0.4, 0.5) is 0 Å². The summed E-state index contributed by atoms with van der Waals surface area (Å²) in [6.07, 6.45) is 6.58. The van der Waals surface area contributed by atoms with Crippen LogP contribution in [0.2, 0.25) is 0 Å². The highest BCUT2D eigenvalue weighted by Crippen LogP contribution is 2.20. The monoisotopic (exact) mass is 313 g/mol. The third-order valence-corrected chi connectivity index (χ3v) is 3.65. The number of nitrogens with zero attached hydrogens (tertiary/aromatic N) is 2. The van der Waals surface area contributed by atoms with Gasteiger partial charge in [0.25, 0.3) is 0 Å². The minimum atomic E-state index is -4.33. The van der Waals surface area contributed by atoms with Crippen LogP contribution in [0.3, 0.4) is 0 Å². The Kier molecular flexibility index (Phi) is 6.93. The Morgan fingerprint density at radius 2 is 1.52 bits per heavy atom. The second-order valence-corrected chi connectivity index (χ2v) is 5.69. The summed E-state index contributed by atoms with van der Waals surface area (Å²) in [6, 6.07) is 3.38. The highest BCUT2D eigenvalue weighted by molar-refractivity contribution is 7.85. The van der Waals surface area contributed by atoms with Crippen LogP contribution >= 0.6 is 0 Å². The number of nitrogens with two attached hydrogens (primary N) is 1. The molecule has 2 rings (SSSR count). The molecule has 7 nitrogen and oxygen atoms in total. The first-order chi connectivity index (χ1) is 9.21. The van der Waals surface area contributed by atoms with E-state index in [-0.39, 0.29) is 10.4 Å². The van der Waals surface area contributed by atoms with E-state index in [4.69, 9.17) is 5.84 Å². The molecule has 0 bridgehead atoms. The molecular formula is C13H19N3O4S. The molecule has 1 aromatic carbocycles. The van der Waals surface area contributed by atoms with Crippen LogP contribution in [-0.2, 0) is 10.1 Å². The van der Waals surface area contributed by atoms with Gasteiger partial charge >= 0.3 is 0 Å². The Morgan fingerprint density at radius 3 is 1.81 bits per heavy atom. The highest BCUT2D eigenvalue weighted by atomic mass is 32.2. The lowest BCUT2D eigenvalue weighted by Crippen LogP contribution is -2.43. The number of aryl methyl sites for hydroxylation is 3. The van der Waals surface area contributed by atoms with Gasteiger partial charge in [-0.05, 0) is 31.9 Å². The van der Waals surface area contributed by atoms with Crippen LogP contribution in [0.1, 0.15) is 16.7 Å². The van der Waals surface area contributed by atoms with Crippen molar-refractivity contribution in [3.63, 3.8) is 0 Å². The summed E-state index contributed by atoms with van der Waals surface area (Å²) in [5, 5.41) is 0. The van der Waals surface area contributed by atoms with Gasteiger partial charge in [-0.25, -0.2) is 14.3 Å². The van der Waals surface area contributed by atoms with Crippen molar-refractivity contribution in [2.75, 3.05) is 5.84 Å². The largest absolute Gasteiger partial charge is 0.744 e. The van der Waals surface area contributed by atoms with Gasteiger partial charge in [0.2, 0.25) is 12.4 Å². The fourth-order valence-corrected chi connectivity index (χ4v) is 2.80. The van der Waals surface area contributed by atoms with Crippen LogP contribution in [0, 0.1) is 20.8 Å². The number of hydrogen-bond donors (Lipinski definition) is 1. The molecule has 21 heavy (non-hydrogen) atoms. The van der Waals surface area contributed by atoms with E-state index in [1.807, 2.05) is 6.92 Å². The topological polar surface area (TPSA) is 131 Å². The Morgan fingerprint density at radius 1 is 1.10 bits per heavy atom. The lowest BCUT2D eigenvalue weighted by atomic mass is 10.1. The Balaban J connectivity index is 0.000000425. The fourth-order valence-electron chi connectivity index (χ4n) is 1.89. The molecule has 1 aromatic heterocycles. The minimum Gasteiger partial charge on any atom is -0.744 e. The van der Waals surface area contributed by atoms with E-state index < -0.39 is 10.1 Å². The summed E-state index contributed by atoms with van der Waals surface area (Å²) in [7, 11) is -4.33. The maximum Gasteiger partial charge on any atom is 0.217 e. The van der Waals surface area contributed by atoms with Gasteiger partial charge in [0.05, 0.1) is 17.3 Å². The predicted molar refractivity (Wildman–Crippen MR) is 76.8 cm³/mol. The fraction of sp³-hybridized carbons (Fsp3) is 0.231. The second kappa shape index (κ2) is 7.67. The molecule has 0 saturated carbocycles. The third kappa shape index (κ3) is 5.86. The average molecular weight is 313 g/mol. The van der Waals surface area contributed by atoms with Gasteiger partial charge in [0.15, 0.2) is 0 Å². The molecule has 0 fully saturated rings. The minimum absolute atomic E-state index is 0. The highest BCUT2D eigenvalue weighted by Gasteiger charge is 2.09. The van der Waals surface area contributed by atoms with Crippen molar-refractivity contribution in [2.24, 2.45) is 0 Å². The lowest BCUT2D eigenvalue weighted by Gasteiger charge is -2.14. The number of nitrogen functional groups attached to an aromatic ring is 1. The van der Waals surface area contributed by atoms with E-state index in [0.717, 1.165) is 5.56 Å². The van der Waals surface area contributed by atoms with E-state index in [2.05, 4.69) is 4.98 Å². The summed E-state index contributed by atoms with van der Waals surface area (Å²) in [4.78, 5) is 3.66. The number of aromatic nitrogens is 2. The number of benzene rings is 1. The first-order valence-corrected chi connectivity index (χ1v) is 7.22. The molecule has 4 N–H and O–H groups in total. The quantitative estimate of drug-likeness (QED) is 0.441. The van der Waals surface area contributed by atoms with Crippen molar-refractivity contribution in [1.29, 1.82) is 0 Å². The van der Waals surface area contributed by atoms with Gasteiger partial charge in [-0.2, -0.15) is 0 Å². The number of rotatable bonds is 1. The van der Waals surface area contributed by atoms with Crippen molar-refractivity contribution < 1.29 is 23.1 Å². The van der Waals surface area contributed by atoms with Crippen LogP contribution in [0.5, 0.6) is 0 Å². The van der Waals surface area contributed by atoms with Crippen LogP contribution < -0.4 is 10.5 Å². The zero-order chi connectivity index (χ0) is 15.3. The summed E-state index contributed by atoms with van der Waals surface area (Å²) in [5.41, 5.74) is 2.00. The second-order valence-electron chi connectivity index (χ2n) is 4.37. The van der Waals surface area contributed by atoms with Crippen molar-refractivity contribution in [2.45, 2.75) is 25.7 Å². The first kappa shape index (κ1) is 19.0. The van der Waals surface area contributed by atoms with E-state index in [0.29, 0.717) is 11.1 Å². The van der Waals surface area contributed by atoms with Gasteiger partial charge in [0, 0.05) is 0 Å². The molecule has 0 unspecified atom stereocenters. The molecule has 0 spiro atoms. The predicted octanol–water partition coefficient (Wildman–Crippen LogP) is -0.226. The van der Waals surface area contributed by atoms with Crippen molar-refractivity contribution in [1.82, 2.24) is 4.98 Å². The normalized spacial score (nSPS) is 10.1. The smallest absolute Gasteiger partial charge is 0.217 e. The SMILES string of the molecule is Cc1cc(C)c(S(=O)(=O)[O-])c(C)c1.N[n+]1ccncc1.O. The van der Waals surface area contributed by atoms with Gasteiger partial charge in [-0.1, -0.05) is 22.4 Å². The zero-order valence-electron chi connectivity index (χ0n) is 12.1. The van der Waals surface area contributed by atoms with Gasteiger partial charge < -0.3 is 10.0 Å². The molecule has 0 saturated heterocycles. The van der Waals surface area contributed by atoms with E-state index in [9.17, 15) is 13.0 Å². The van der Waals surface area contributed by atoms with Crippen LogP contribution in [0.25, 0.3) is 0 Å². The molecule has 1 heterocycles. The molecule has 2 aromatic rings. The summed E-state index contributed by atoms with van der Waals surface area (Å²) >= 11 is 0. The maximum atomic E-state index is 10.8. The lowest BCUT2D eigenvalue weighted by molar-refractivity contribution is -0.639. The summed E-state index contributed by atoms with van der Waals surface area (Å²) < 4.78 is 33.9. The van der Waals surface area contributed by atoms with Gasteiger partial charge in [-0.3, -0.25) is 4.98 Å². The Hall–Kier alpha value is -2.03. The van der Waals surface area contributed by atoms with Gasteiger partial charge in [0.1, 0.15) is 10.1 Å². The summed E-state index contributed by atoms with van der Waals surface area (Å²) in [5.74, 6) is 5.23. The molecular weight excluding hydrogens is 294 g/mol. The summed E-state index contributed by atoms with van der Waals surface area (Å²) in [6.45, 7) is 5.12. The molecule has 0 aliphatic rings. The number of hydrogen-bond acceptors (Lipinski definition) is 5. The molecule has 116 valence electrons. The van der Waals surface area contributed by atoms with Crippen molar-refractivity contribution >= 4 is 10.1 Å². The average Bonchev–Trinajstić information content (AvgIpc) is 2.27. The third-order valence-electron chi connectivity index (χ3n) is 2.50. The van der Waals surface area contributed by atoms with E-state index >= 15 is 0 Å². The van der Waals surface area contributed by atoms with Crippen LogP contribution in [0.15, 0.2) is 41.8 Å². The Bertz CT molecular complexity index is 665. The van der Waals surface area contributed by atoms with Gasteiger partial charge in [-0.15, -0.1) is 0 Å². The molecule has 0 radical (unpaired) electrons. The van der Waals surface area contributed by atoms with E-state index in [1.54, 1.807) is 50.8 Å². The van der Waals surface area contributed by atoms with Crippen molar-refractivity contribution in [3.05, 3.63) is 53.6 Å².